The van der Waals surface area contributed by atoms with Crippen molar-refractivity contribution in [1.82, 2.24) is 9.80 Å². The lowest BCUT2D eigenvalue weighted by Gasteiger charge is -2.36. The first kappa shape index (κ1) is 15.4. The highest BCUT2D eigenvalue weighted by molar-refractivity contribution is 5.79. The molecule has 21 heavy (non-hydrogen) atoms. The Morgan fingerprint density at radius 3 is 2.43 bits per heavy atom. The minimum absolute atomic E-state index is 0.0428. The number of carbonyl (C=O) groups excluding carboxylic acids is 1. The van der Waals surface area contributed by atoms with Crippen LogP contribution in [0.3, 0.4) is 0 Å². The Morgan fingerprint density at radius 1 is 1.24 bits per heavy atom. The molecule has 0 bridgehead atoms. The lowest BCUT2D eigenvalue weighted by atomic mass is 10.1. The lowest BCUT2D eigenvalue weighted by Crippen LogP contribution is -2.53. The second-order valence-electron chi connectivity index (χ2n) is 5.20. The van der Waals surface area contributed by atoms with Gasteiger partial charge < -0.3 is 10.0 Å². The molecule has 1 N–H and O–H groups in total. The van der Waals surface area contributed by atoms with Gasteiger partial charge in [-0.3, -0.25) is 14.5 Å². The standard InChI is InChI=1S/C15H19FN2O3/c1-11(15(20)21)17-6-8-18(9-7-17)14(19)10-12-4-2-3-5-13(12)16/h2-5,11H,6-10H2,1H3,(H,20,21)/t11-/m0/s1. The molecule has 0 aliphatic carbocycles. The monoisotopic (exact) mass is 294 g/mol. The van der Waals surface area contributed by atoms with Gasteiger partial charge in [0.1, 0.15) is 11.9 Å². The Bertz CT molecular complexity index is 527. The van der Waals surface area contributed by atoms with E-state index in [1.807, 2.05) is 4.90 Å². The summed E-state index contributed by atoms with van der Waals surface area (Å²) < 4.78 is 13.5. The molecule has 1 fully saturated rings. The van der Waals surface area contributed by atoms with E-state index in [9.17, 15) is 14.0 Å². The molecule has 1 amide bonds. The topological polar surface area (TPSA) is 60.9 Å². The smallest absolute Gasteiger partial charge is 0.320 e. The fourth-order valence-electron chi connectivity index (χ4n) is 2.43. The number of hydrogen-bond acceptors (Lipinski definition) is 3. The van der Waals surface area contributed by atoms with Crippen LogP contribution in [0.5, 0.6) is 0 Å². The van der Waals surface area contributed by atoms with Gasteiger partial charge in [-0.15, -0.1) is 0 Å². The summed E-state index contributed by atoms with van der Waals surface area (Å²) in [6.07, 6.45) is 0.0428. The molecule has 1 saturated heterocycles. The van der Waals surface area contributed by atoms with Crippen LogP contribution in [0.4, 0.5) is 4.39 Å². The van der Waals surface area contributed by atoms with E-state index in [1.54, 1.807) is 30.0 Å². The molecule has 5 nitrogen and oxygen atoms in total. The average Bonchev–Trinajstić information content (AvgIpc) is 2.49. The van der Waals surface area contributed by atoms with Crippen molar-refractivity contribution in [2.45, 2.75) is 19.4 Å². The van der Waals surface area contributed by atoms with Crippen molar-refractivity contribution in [3.05, 3.63) is 35.6 Å². The van der Waals surface area contributed by atoms with Crippen molar-refractivity contribution in [2.75, 3.05) is 26.2 Å². The quantitative estimate of drug-likeness (QED) is 0.899. The largest absolute Gasteiger partial charge is 0.480 e. The highest BCUT2D eigenvalue weighted by atomic mass is 19.1. The number of nitrogens with zero attached hydrogens (tertiary/aromatic N) is 2. The third kappa shape index (κ3) is 3.78. The van der Waals surface area contributed by atoms with Crippen molar-refractivity contribution in [3.63, 3.8) is 0 Å². The molecule has 0 aromatic heterocycles. The lowest BCUT2D eigenvalue weighted by molar-refractivity contribution is -0.144. The normalized spacial score (nSPS) is 17.5. The first-order valence-corrected chi connectivity index (χ1v) is 6.97. The maximum Gasteiger partial charge on any atom is 0.320 e. The molecule has 6 heteroatoms. The van der Waals surface area contributed by atoms with E-state index in [-0.39, 0.29) is 18.1 Å². The zero-order valence-corrected chi connectivity index (χ0v) is 12.0. The predicted octanol–water partition coefficient (Wildman–Crippen LogP) is 0.986. The Labute approximate surface area is 123 Å². The van der Waals surface area contributed by atoms with Crippen LogP contribution in [-0.4, -0.2) is 59.0 Å². The fourth-order valence-corrected chi connectivity index (χ4v) is 2.43. The number of amides is 1. The maximum absolute atomic E-state index is 13.5. The van der Waals surface area contributed by atoms with Gasteiger partial charge in [-0.25, -0.2) is 4.39 Å². The second kappa shape index (κ2) is 6.67. The van der Waals surface area contributed by atoms with Crippen LogP contribution in [0.1, 0.15) is 12.5 Å². The Hall–Kier alpha value is -1.95. The van der Waals surface area contributed by atoms with Gasteiger partial charge in [0, 0.05) is 26.2 Å². The van der Waals surface area contributed by atoms with Gasteiger partial charge in [0.05, 0.1) is 6.42 Å². The van der Waals surface area contributed by atoms with Crippen LogP contribution >= 0.6 is 0 Å². The van der Waals surface area contributed by atoms with Crippen molar-refractivity contribution < 1.29 is 19.1 Å². The zero-order valence-electron chi connectivity index (χ0n) is 12.0. The SMILES string of the molecule is C[C@@H](C(=O)O)N1CCN(C(=O)Cc2ccccc2F)CC1. The number of carboxylic acids is 1. The fraction of sp³-hybridized carbons (Fsp3) is 0.467. The number of piperazine rings is 1. The summed E-state index contributed by atoms with van der Waals surface area (Å²) in [7, 11) is 0. The molecule has 1 aliphatic heterocycles. The molecule has 114 valence electrons. The summed E-state index contributed by atoms with van der Waals surface area (Å²) in [5.41, 5.74) is 0.392. The third-order valence-electron chi connectivity index (χ3n) is 3.87. The molecule has 0 saturated carbocycles. The number of rotatable bonds is 4. The zero-order chi connectivity index (χ0) is 15.4. The molecule has 1 aliphatic rings. The van der Waals surface area contributed by atoms with E-state index in [0.717, 1.165) is 0 Å². The summed E-state index contributed by atoms with van der Waals surface area (Å²) in [5, 5.41) is 8.97. The van der Waals surface area contributed by atoms with Crippen LogP contribution < -0.4 is 0 Å². The van der Waals surface area contributed by atoms with Gasteiger partial charge >= 0.3 is 5.97 Å². The first-order valence-electron chi connectivity index (χ1n) is 6.97. The van der Waals surface area contributed by atoms with Crippen molar-refractivity contribution in [2.24, 2.45) is 0 Å². The van der Waals surface area contributed by atoms with E-state index in [1.165, 1.54) is 6.07 Å². The van der Waals surface area contributed by atoms with E-state index < -0.39 is 12.0 Å². The molecule has 0 unspecified atom stereocenters. The number of benzene rings is 1. The summed E-state index contributed by atoms with van der Waals surface area (Å²) in [4.78, 5) is 26.6. The molecular formula is C15H19FN2O3. The van der Waals surface area contributed by atoms with Crippen LogP contribution in [0.25, 0.3) is 0 Å². The molecule has 0 radical (unpaired) electrons. The number of halogens is 1. The summed E-state index contributed by atoms with van der Waals surface area (Å²) in [6, 6.07) is 5.70. The highest BCUT2D eigenvalue weighted by Crippen LogP contribution is 2.11. The second-order valence-corrected chi connectivity index (χ2v) is 5.20. The van der Waals surface area contributed by atoms with Crippen LogP contribution in [0.15, 0.2) is 24.3 Å². The summed E-state index contributed by atoms with van der Waals surface area (Å²) >= 11 is 0. The highest BCUT2D eigenvalue weighted by Gasteiger charge is 2.27. The number of carboxylic acid groups (broad SMARTS) is 1. The van der Waals surface area contributed by atoms with E-state index in [0.29, 0.717) is 31.7 Å². The maximum atomic E-state index is 13.5. The van der Waals surface area contributed by atoms with Crippen molar-refractivity contribution >= 4 is 11.9 Å². The van der Waals surface area contributed by atoms with Gasteiger partial charge in [0.15, 0.2) is 0 Å². The predicted molar refractivity (Wildman–Crippen MR) is 75.4 cm³/mol. The Morgan fingerprint density at radius 2 is 1.86 bits per heavy atom. The summed E-state index contributed by atoms with van der Waals surface area (Å²) in [6.45, 7) is 3.64. The number of carbonyl (C=O) groups is 2. The molecule has 1 heterocycles. The van der Waals surface area contributed by atoms with Gasteiger partial charge in [-0.1, -0.05) is 18.2 Å². The van der Waals surface area contributed by atoms with Crippen LogP contribution in [-0.2, 0) is 16.0 Å². The molecule has 1 aromatic carbocycles. The average molecular weight is 294 g/mol. The minimum Gasteiger partial charge on any atom is -0.480 e. The van der Waals surface area contributed by atoms with Crippen molar-refractivity contribution in [1.29, 1.82) is 0 Å². The van der Waals surface area contributed by atoms with Gasteiger partial charge in [0.25, 0.3) is 0 Å². The molecule has 1 aromatic rings. The number of aliphatic carboxylic acids is 1. The van der Waals surface area contributed by atoms with Crippen LogP contribution in [0.2, 0.25) is 0 Å². The molecule has 0 spiro atoms. The molecule has 2 rings (SSSR count). The van der Waals surface area contributed by atoms with Crippen molar-refractivity contribution in [3.8, 4) is 0 Å². The van der Waals surface area contributed by atoms with E-state index in [4.69, 9.17) is 5.11 Å². The van der Waals surface area contributed by atoms with Gasteiger partial charge in [0.2, 0.25) is 5.91 Å². The van der Waals surface area contributed by atoms with Gasteiger partial charge in [-0.2, -0.15) is 0 Å². The third-order valence-corrected chi connectivity index (χ3v) is 3.87. The summed E-state index contributed by atoms with van der Waals surface area (Å²) in [5.74, 6) is -1.35. The van der Waals surface area contributed by atoms with E-state index in [2.05, 4.69) is 0 Å². The molecule has 1 atom stereocenters. The van der Waals surface area contributed by atoms with E-state index >= 15 is 0 Å². The first-order chi connectivity index (χ1) is 9.99. The van der Waals surface area contributed by atoms with Gasteiger partial charge in [-0.05, 0) is 18.6 Å². The number of hydrogen-bond donors (Lipinski definition) is 1. The molecular weight excluding hydrogens is 275 g/mol. The minimum atomic E-state index is -0.860. The van der Waals surface area contributed by atoms with Crippen LogP contribution in [0, 0.1) is 5.82 Å². The Balaban J connectivity index is 1.89. The Kier molecular flexibility index (Phi) is 4.90.